The van der Waals surface area contributed by atoms with Crippen molar-refractivity contribution in [2.75, 3.05) is 19.7 Å². The third-order valence-electron chi connectivity index (χ3n) is 4.36. The minimum Gasteiger partial charge on any atom is -0.497 e. The Bertz CT molecular complexity index is 572. The molecule has 2 rings (SSSR count). The number of ether oxygens (including phenoxy) is 2. The molecule has 0 saturated carbocycles. The number of aliphatic carboxylic acids is 1. The quantitative estimate of drug-likeness (QED) is 0.836. The van der Waals surface area contributed by atoms with Gasteiger partial charge >= 0.3 is 12.1 Å². The van der Waals surface area contributed by atoms with Gasteiger partial charge < -0.3 is 19.5 Å². The van der Waals surface area contributed by atoms with Gasteiger partial charge in [-0.25, -0.2) is 4.79 Å². The molecule has 1 atom stereocenters. The van der Waals surface area contributed by atoms with E-state index in [-0.39, 0.29) is 6.09 Å². The van der Waals surface area contributed by atoms with E-state index in [2.05, 4.69) is 0 Å². The first-order valence-corrected chi connectivity index (χ1v) is 8.42. The van der Waals surface area contributed by atoms with Gasteiger partial charge in [0.2, 0.25) is 0 Å². The van der Waals surface area contributed by atoms with Crippen molar-refractivity contribution in [3.63, 3.8) is 0 Å². The first-order chi connectivity index (χ1) is 11.2. The van der Waals surface area contributed by atoms with Gasteiger partial charge in [-0.2, -0.15) is 0 Å². The maximum atomic E-state index is 12.4. The summed E-state index contributed by atoms with van der Waals surface area (Å²) < 4.78 is 11.3. The first kappa shape index (κ1) is 18.4. The summed E-state index contributed by atoms with van der Waals surface area (Å²) in [5.74, 6) is -0.169. The highest BCUT2D eigenvalue weighted by Crippen LogP contribution is 2.38. The van der Waals surface area contributed by atoms with Crippen LogP contribution in [0.2, 0.25) is 0 Å². The van der Waals surface area contributed by atoms with Gasteiger partial charge in [0.1, 0.15) is 11.4 Å². The van der Waals surface area contributed by atoms with Crippen molar-refractivity contribution in [2.45, 2.75) is 52.6 Å². The maximum absolute atomic E-state index is 12.4. The van der Waals surface area contributed by atoms with E-state index >= 15 is 0 Å². The van der Waals surface area contributed by atoms with Crippen molar-refractivity contribution < 1.29 is 24.2 Å². The zero-order valence-electron chi connectivity index (χ0n) is 14.9. The van der Waals surface area contributed by atoms with Gasteiger partial charge in [0, 0.05) is 18.5 Å². The fraction of sp³-hybridized carbons (Fsp3) is 0.667. The molecule has 24 heavy (non-hydrogen) atoms. The Hall–Kier alpha value is -1.98. The molecule has 0 fully saturated rings. The Morgan fingerprint density at radius 3 is 2.71 bits per heavy atom. The van der Waals surface area contributed by atoms with Crippen molar-refractivity contribution in [3.05, 3.63) is 23.5 Å². The Morgan fingerprint density at radius 1 is 1.42 bits per heavy atom. The molecule has 0 saturated heterocycles. The van der Waals surface area contributed by atoms with E-state index in [1.165, 1.54) is 0 Å². The number of carboxylic acids is 1. The first-order valence-electron chi connectivity index (χ1n) is 8.42. The maximum Gasteiger partial charge on any atom is 0.410 e. The Kier molecular flexibility index (Phi) is 5.26. The molecular formula is C18H27NO5. The summed E-state index contributed by atoms with van der Waals surface area (Å²) in [6.07, 6.45) is 4.68. The zero-order valence-corrected chi connectivity index (χ0v) is 14.9. The molecule has 1 heterocycles. The van der Waals surface area contributed by atoms with Gasteiger partial charge in [0.05, 0.1) is 18.6 Å². The predicted octanol–water partition coefficient (Wildman–Crippen LogP) is 3.34. The summed E-state index contributed by atoms with van der Waals surface area (Å²) in [4.78, 5) is 25.7. The highest BCUT2D eigenvalue weighted by molar-refractivity contribution is 5.78. The normalized spacial score (nSPS) is 24.6. The van der Waals surface area contributed by atoms with Gasteiger partial charge in [-0.05, 0) is 33.6 Å². The van der Waals surface area contributed by atoms with E-state index < -0.39 is 17.0 Å². The SMILES string of the molecule is CCC1(C(=O)O)C=CC2=C(C1)OCCCN(C(=O)OC(C)(C)C)C2. The summed E-state index contributed by atoms with van der Waals surface area (Å²) in [5.41, 5.74) is -0.615. The summed E-state index contributed by atoms with van der Waals surface area (Å²) in [6, 6.07) is 0. The standard InChI is InChI=1S/C18H27NO5/c1-5-18(15(20)21)8-7-13-12-19(16(22)24-17(2,3)4)9-6-10-23-14(13)11-18/h7-8H,5-6,9-12H2,1-4H3,(H,20,21). The number of carbonyl (C=O) groups excluding carboxylic acids is 1. The van der Waals surface area contributed by atoms with Crippen LogP contribution >= 0.6 is 0 Å². The van der Waals surface area contributed by atoms with E-state index in [0.717, 1.165) is 5.57 Å². The lowest BCUT2D eigenvalue weighted by molar-refractivity contribution is -0.146. The molecule has 134 valence electrons. The van der Waals surface area contributed by atoms with Crippen LogP contribution in [0.3, 0.4) is 0 Å². The van der Waals surface area contributed by atoms with Crippen LogP contribution in [0.25, 0.3) is 0 Å². The van der Waals surface area contributed by atoms with Crippen LogP contribution in [0.5, 0.6) is 0 Å². The van der Waals surface area contributed by atoms with Gasteiger partial charge in [-0.15, -0.1) is 0 Å². The second-order valence-electron chi connectivity index (χ2n) is 7.38. The number of amides is 1. The summed E-state index contributed by atoms with van der Waals surface area (Å²) >= 11 is 0. The van der Waals surface area contributed by atoms with Crippen molar-refractivity contribution >= 4 is 12.1 Å². The van der Waals surface area contributed by atoms with Gasteiger partial charge in [-0.1, -0.05) is 19.1 Å². The number of nitrogens with zero attached hydrogens (tertiary/aromatic N) is 1. The van der Waals surface area contributed by atoms with Crippen LogP contribution < -0.4 is 0 Å². The molecule has 0 radical (unpaired) electrons. The molecule has 2 aliphatic rings. The average molecular weight is 337 g/mol. The lowest BCUT2D eigenvalue weighted by atomic mass is 9.77. The fourth-order valence-electron chi connectivity index (χ4n) is 2.86. The summed E-state index contributed by atoms with van der Waals surface area (Å²) in [5, 5.41) is 9.56. The van der Waals surface area contributed by atoms with E-state index in [9.17, 15) is 14.7 Å². The number of carbonyl (C=O) groups is 2. The second kappa shape index (κ2) is 6.87. The molecule has 6 heteroatoms. The third-order valence-corrected chi connectivity index (χ3v) is 4.36. The molecule has 1 amide bonds. The monoisotopic (exact) mass is 337 g/mol. The molecule has 0 aromatic rings. The van der Waals surface area contributed by atoms with Crippen molar-refractivity contribution in [1.29, 1.82) is 0 Å². The molecule has 1 aliphatic carbocycles. The largest absolute Gasteiger partial charge is 0.497 e. The second-order valence-corrected chi connectivity index (χ2v) is 7.38. The molecule has 0 spiro atoms. The van der Waals surface area contributed by atoms with Gasteiger partial charge in [-0.3, -0.25) is 4.79 Å². The van der Waals surface area contributed by atoms with E-state index in [1.54, 1.807) is 17.1 Å². The highest BCUT2D eigenvalue weighted by atomic mass is 16.6. The predicted molar refractivity (Wildman–Crippen MR) is 89.5 cm³/mol. The third kappa shape index (κ3) is 4.10. The molecule has 0 aromatic carbocycles. The number of carboxylic acid groups (broad SMARTS) is 1. The van der Waals surface area contributed by atoms with E-state index in [0.29, 0.717) is 44.7 Å². The van der Waals surface area contributed by atoms with Crippen LogP contribution in [0, 0.1) is 5.41 Å². The van der Waals surface area contributed by atoms with Gasteiger partial charge in [0.15, 0.2) is 0 Å². The zero-order chi connectivity index (χ0) is 18.0. The summed E-state index contributed by atoms with van der Waals surface area (Å²) in [6.45, 7) is 8.77. The summed E-state index contributed by atoms with van der Waals surface area (Å²) in [7, 11) is 0. The highest BCUT2D eigenvalue weighted by Gasteiger charge is 2.39. The van der Waals surface area contributed by atoms with Crippen LogP contribution in [0.15, 0.2) is 23.5 Å². The van der Waals surface area contributed by atoms with Crippen molar-refractivity contribution in [2.24, 2.45) is 5.41 Å². The van der Waals surface area contributed by atoms with Gasteiger partial charge in [0.25, 0.3) is 0 Å². The Balaban J connectivity index is 2.20. The average Bonchev–Trinajstić information content (AvgIpc) is 2.45. The Morgan fingerprint density at radius 2 is 2.12 bits per heavy atom. The number of allylic oxidation sites excluding steroid dienone is 1. The van der Waals surface area contributed by atoms with Crippen molar-refractivity contribution in [1.82, 2.24) is 4.90 Å². The number of hydrogen-bond donors (Lipinski definition) is 1. The molecular weight excluding hydrogens is 310 g/mol. The molecule has 1 N–H and O–H groups in total. The minimum atomic E-state index is -0.922. The van der Waals surface area contributed by atoms with E-state index in [4.69, 9.17) is 9.47 Å². The smallest absolute Gasteiger partial charge is 0.410 e. The fourth-order valence-corrected chi connectivity index (χ4v) is 2.86. The van der Waals surface area contributed by atoms with Crippen molar-refractivity contribution in [3.8, 4) is 0 Å². The van der Waals surface area contributed by atoms with Crippen LogP contribution in [-0.2, 0) is 14.3 Å². The Labute approximate surface area is 143 Å². The van der Waals surface area contributed by atoms with E-state index in [1.807, 2.05) is 27.7 Å². The molecule has 1 unspecified atom stereocenters. The molecule has 1 aliphatic heterocycles. The molecule has 0 bridgehead atoms. The topological polar surface area (TPSA) is 76.1 Å². The molecule has 6 nitrogen and oxygen atoms in total. The minimum absolute atomic E-state index is 0.326. The van der Waals surface area contributed by atoms with Crippen LogP contribution in [0.1, 0.15) is 47.0 Å². The van der Waals surface area contributed by atoms with Crippen LogP contribution in [-0.4, -0.2) is 47.4 Å². The molecule has 0 aromatic heterocycles. The lowest BCUT2D eigenvalue weighted by Gasteiger charge is -2.34. The number of rotatable bonds is 2. The van der Waals surface area contributed by atoms with Crippen LogP contribution in [0.4, 0.5) is 4.79 Å². The lowest BCUT2D eigenvalue weighted by Crippen LogP contribution is -2.41. The number of hydrogen-bond acceptors (Lipinski definition) is 4.